The van der Waals surface area contributed by atoms with Crippen molar-refractivity contribution in [2.24, 2.45) is 11.8 Å². The van der Waals surface area contributed by atoms with Crippen molar-refractivity contribution in [3.63, 3.8) is 0 Å². The summed E-state index contributed by atoms with van der Waals surface area (Å²) < 4.78 is 11.0. The third kappa shape index (κ3) is 41.5. The average Bonchev–Trinajstić information content (AvgIpc) is 3.20. The van der Waals surface area contributed by atoms with E-state index in [9.17, 15) is 9.59 Å². The molecule has 342 valence electrons. The largest absolute Gasteiger partial charge is 0.461 e. The third-order valence-electron chi connectivity index (χ3n) is 11.9. The standard InChI is InChI=1S/C52H100NO4P/c1-7-11-21-35-49(36-22-12-8-2)39-27-30-44-56-51(54)41-25-17-15-19-32-46-58(48-34-29-43-53(5)6)47-33-20-16-18-26-42-52(55)57-45-31-28-40-50(37-23-13-9-3)38-24-14-10-4/h27-28,30-31,49-50H,7-26,29,32-48H2,1-6H3/b30-27-,31-28-. The van der Waals surface area contributed by atoms with Crippen molar-refractivity contribution in [1.82, 2.24) is 4.90 Å². The zero-order chi connectivity index (χ0) is 42.6. The van der Waals surface area contributed by atoms with Crippen molar-refractivity contribution < 1.29 is 19.1 Å². The van der Waals surface area contributed by atoms with Gasteiger partial charge >= 0.3 is 11.9 Å². The van der Waals surface area contributed by atoms with E-state index in [2.05, 4.69) is 71.0 Å². The van der Waals surface area contributed by atoms with Crippen LogP contribution in [0.2, 0.25) is 0 Å². The van der Waals surface area contributed by atoms with Gasteiger partial charge in [-0.1, -0.05) is 193 Å². The molecule has 0 saturated carbocycles. The second-order valence-corrected chi connectivity index (χ2v) is 20.6. The predicted molar refractivity (Wildman–Crippen MR) is 258 cm³/mol. The van der Waals surface area contributed by atoms with Crippen LogP contribution in [0.15, 0.2) is 24.3 Å². The van der Waals surface area contributed by atoms with Crippen molar-refractivity contribution in [2.45, 2.75) is 233 Å². The van der Waals surface area contributed by atoms with Gasteiger partial charge in [-0.15, -0.1) is 7.92 Å². The number of ether oxygens (including phenoxy) is 2. The summed E-state index contributed by atoms with van der Waals surface area (Å²) in [4.78, 5) is 26.9. The number of nitrogens with zero attached hydrogens (tertiary/aromatic N) is 1. The van der Waals surface area contributed by atoms with Crippen molar-refractivity contribution in [2.75, 3.05) is 52.3 Å². The van der Waals surface area contributed by atoms with E-state index < -0.39 is 0 Å². The first-order valence-corrected chi connectivity index (χ1v) is 27.2. The maximum absolute atomic E-state index is 12.3. The van der Waals surface area contributed by atoms with Gasteiger partial charge in [0.05, 0.1) is 0 Å². The van der Waals surface area contributed by atoms with E-state index in [0.29, 0.717) is 26.1 Å². The third-order valence-corrected chi connectivity index (χ3v) is 14.7. The van der Waals surface area contributed by atoms with Crippen molar-refractivity contribution in [3.05, 3.63) is 24.3 Å². The SMILES string of the molecule is CCCCCC(C/C=C\COC(=O)CCCCCCCP(CCCCCCCC(=O)OC/C=C\CC(CCCCC)CCCCC)CCCCN(C)C)CCCCC. The first kappa shape index (κ1) is 56.8. The summed E-state index contributed by atoms with van der Waals surface area (Å²) in [5.41, 5.74) is 0. The molecule has 0 rings (SSSR count). The second kappa shape index (κ2) is 45.3. The summed E-state index contributed by atoms with van der Waals surface area (Å²) in [6.07, 6.45) is 52.0. The molecule has 0 aromatic rings. The Bertz CT molecular complexity index is 850. The predicted octanol–water partition coefficient (Wildman–Crippen LogP) is 16.0. The molecule has 0 N–H and O–H groups in total. The molecule has 0 unspecified atom stereocenters. The smallest absolute Gasteiger partial charge is 0.306 e. The van der Waals surface area contributed by atoms with Crippen molar-refractivity contribution in [1.29, 1.82) is 0 Å². The van der Waals surface area contributed by atoms with E-state index in [1.54, 1.807) is 0 Å². The van der Waals surface area contributed by atoms with Gasteiger partial charge in [-0.3, -0.25) is 9.59 Å². The topological polar surface area (TPSA) is 55.8 Å². The van der Waals surface area contributed by atoms with Gasteiger partial charge < -0.3 is 14.4 Å². The minimum atomic E-state index is -0.0363. The van der Waals surface area contributed by atoms with Crippen LogP contribution in [0.25, 0.3) is 0 Å². The molecule has 0 aliphatic rings. The molecular weight excluding hydrogens is 734 g/mol. The summed E-state index contributed by atoms with van der Waals surface area (Å²) in [6, 6.07) is 0. The van der Waals surface area contributed by atoms with E-state index >= 15 is 0 Å². The summed E-state index contributed by atoms with van der Waals surface area (Å²) in [5, 5.41) is 0. The summed E-state index contributed by atoms with van der Waals surface area (Å²) in [7, 11) is 4.47. The quantitative estimate of drug-likeness (QED) is 0.0265. The lowest BCUT2D eigenvalue weighted by atomic mass is 9.92. The fourth-order valence-corrected chi connectivity index (χ4v) is 10.7. The number of unbranched alkanes of at least 4 members (excludes halogenated alkanes) is 17. The molecule has 58 heavy (non-hydrogen) atoms. The highest BCUT2D eigenvalue weighted by atomic mass is 31.1. The number of rotatable bonds is 45. The molecule has 5 nitrogen and oxygen atoms in total. The van der Waals surface area contributed by atoms with Gasteiger partial charge in [-0.25, -0.2) is 0 Å². The number of hydrogen-bond acceptors (Lipinski definition) is 5. The highest BCUT2D eigenvalue weighted by Crippen LogP contribution is 2.39. The molecule has 0 heterocycles. The number of carbonyl (C=O) groups is 2. The van der Waals surface area contributed by atoms with Crippen LogP contribution in [0.4, 0.5) is 0 Å². The van der Waals surface area contributed by atoms with Gasteiger partial charge in [-0.2, -0.15) is 0 Å². The maximum atomic E-state index is 12.3. The molecule has 0 aliphatic carbocycles. The van der Waals surface area contributed by atoms with Gasteiger partial charge in [-0.05, 0) is 102 Å². The number of esters is 2. The van der Waals surface area contributed by atoms with Crippen LogP contribution in [-0.2, 0) is 19.1 Å². The lowest BCUT2D eigenvalue weighted by Gasteiger charge is -2.18. The van der Waals surface area contributed by atoms with E-state index in [-0.39, 0.29) is 19.9 Å². The van der Waals surface area contributed by atoms with Gasteiger partial charge in [0.15, 0.2) is 0 Å². The minimum Gasteiger partial charge on any atom is -0.461 e. The van der Waals surface area contributed by atoms with Crippen LogP contribution in [-0.4, -0.2) is 69.2 Å². The number of allylic oxidation sites excluding steroid dienone is 2. The molecule has 0 fully saturated rings. The van der Waals surface area contributed by atoms with Crippen molar-refractivity contribution in [3.8, 4) is 0 Å². The fourth-order valence-electron chi connectivity index (χ4n) is 8.00. The van der Waals surface area contributed by atoms with Gasteiger partial charge in [0, 0.05) is 12.8 Å². The average molecular weight is 834 g/mol. The van der Waals surface area contributed by atoms with Crippen LogP contribution in [0.1, 0.15) is 233 Å². The van der Waals surface area contributed by atoms with Gasteiger partial charge in [0.2, 0.25) is 0 Å². The minimum absolute atomic E-state index is 0.0363. The molecule has 0 radical (unpaired) electrons. The Hall–Kier alpha value is -1.19. The molecular formula is C52H100NO4P. The van der Waals surface area contributed by atoms with Crippen LogP contribution in [0.5, 0.6) is 0 Å². The molecule has 0 aliphatic heterocycles. The first-order valence-electron chi connectivity index (χ1n) is 25.3. The Balaban J connectivity index is 4.19. The molecule has 0 amide bonds. The molecule has 0 atom stereocenters. The second-order valence-electron chi connectivity index (χ2n) is 17.9. The molecule has 6 heteroatoms. The highest BCUT2D eigenvalue weighted by Gasteiger charge is 2.11. The monoisotopic (exact) mass is 834 g/mol. The highest BCUT2D eigenvalue weighted by molar-refractivity contribution is 7.57. The van der Waals surface area contributed by atoms with Gasteiger partial charge in [0.25, 0.3) is 0 Å². The van der Waals surface area contributed by atoms with Crippen LogP contribution in [0.3, 0.4) is 0 Å². The Labute approximate surface area is 364 Å². The van der Waals surface area contributed by atoms with E-state index in [0.717, 1.165) is 50.4 Å². The fraction of sp³-hybridized carbons (Fsp3) is 0.885. The van der Waals surface area contributed by atoms with Crippen molar-refractivity contribution >= 4 is 19.9 Å². The summed E-state index contributed by atoms with van der Waals surface area (Å²) in [6.45, 7) is 11.2. The molecule has 0 spiro atoms. The molecule has 0 saturated heterocycles. The van der Waals surface area contributed by atoms with E-state index in [1.165, 1.54) is 179 Å². The van der Waals surface area contributed by atoms with E-state index in [4.69, 9.17) is 9.47 Å². The number of hydrogen-bond donors (Lipinski definition) is 0. The Morgan fingerprint density at radius 1 is 0.448 bits per heavy atom. The Kier molecular flexibility index (Phi) is 44.4. The Morgan fingerprint density at radius 2 is 0.793 bits per heavy atom. The Morgan fingerprint density at radius 3 is 1.16 bits per heavy atom. The lowest BCUT2D eigenvalue weighted by molar-refractivity contribution is -0.143. The zero-order valence-corrected chi connectivity index (χ0v) is 40.8. The summed E-state index contributed by atoms with van der Waals surface area (Å²) in [5.74, 6) is 1.49. The van der Waals surface area contributed by atoms with E-state index in [1.807, 2.05) is 0 Å². The first-order chi connectivity index (χ1) is 28.4. The molecule has 0 aromatic heterocycles. The normalized spacial score (nSPS) is 12.1. The zero-order valence-electron chi connectivity index (χ0n) is 39.9. The maximum Gasteiger partial charge on any atom is 0.306 e. The molecule has 0 aromatic carbocycles. The van der Waals surface area contributed by atoms with Gasteiger partial charge in [0.1, 0.15) is 13.2 Å². The summed E-state index contributed by atoms with van der Waals surface area (Å²) >= 11 is 0. The molecule has 0 bridgehead atoms. The lowest BCUT2D eigenvalue weighted by Crippen LogP contribution is -2.13. The van der Waals surface area contributed by atoms with Crippen LogP contribution in [0, 0.1) is 11.8 Å². The van der Waals surface area contributed by atoms with Crippen LogP contribution >= 0.6 is 7.92 Å². The van der Waals surface area contributed by atoms with Crippen LogP contribution < -0.4 is 0 Å². The number of carbonyl (C=O) groups excluding carboxylic acids is 2.